The van der Waals surface area contributed by atoms with Crippen molar-refractivity contribution in [1.82, 2.24) is 10.6 Å². The quantitative estimate of drug-likeness (QED) is 0.855. The second-order valence-corrected chi connectivity index (χ2v) is 5.00. The van der Waals surface area contributed by atoms with Gasteiger partial charge in [-0.1, -0.05) is 0 Å². The maximum absolute atomic E-state index is 12.2. The largest absolute Gasteiger partial charge is 0.497 e. The van der Waals surface area contributed by atoms with E-state index in [-0.39, 0.29) is 5.91 Å². The van der Waals surface area contributed by atoms with Crippen LogP contribution < -0.4 is 20.1 Å². The third-order valence-corrected chi connectivity index (χ3v) is 3.62. The molecule has 1 aliphatic heterocycles. The molecule has 1 saturated heterocycles. The molecule has 1 aliphatic rings. The topological polar surface area (TPSA) is 59.6 Å². The minimum absolute atomic E-state index is 0.0827. The van der Waals surface area contributed by atoms with Gasteiger partial charge in [-0.25, -0.2) is 0 Å². The molecule has 0 saturated carbocycles. The van der Waals surface area contributed by atoms with Gasteiger partial charge in [0.05, 0.1) is 14.2 Å². The van der Waals surface area contributed by atoms with Crippen molar-refractivity contribution in [2.45, 2.75) is 12.8 Å². The van der Waals surface area contributed by atoms with Gasteiger partial charge in [-0.3, -0.25) is 4.79 Å². The van der Waals surface area contributed by atoms with Gasteiger partial charge in [0, 0.05) is 18.2 Å². The van der Waals surface area contributed by atoms with Gasteiger partial charge in [0.25, 0.3) is 5.91 Å². The van der Waals surface area contributed by atoms with Crippen LogP contribution in [0.25, 0.3) is 0 Å². The molecular weight excluding hydrogens is 256 g/mol. The fourth-order valence-corrected chi connectivity index (χ4v) is 2.36. The second kappa shape index (κ2) is 7.14. The van der Waals surface area contributed by atoms with Crippen molar-refractivity contribution in [2.75, 3.05) is 33.9 Å². The number of nitrogens with one attached hydrogen (secondary N) is 2. The number of piperidine rings is 1. The number of hydrogen-bond donors (Lipinski definition) is 2. The van der Waals surface area contributed by atoms with Gasteiger partial charge in [0.15, 0.2) is 0 Å². The van der Waals surface area contributed by atoms with Crippen LogP contribution in [-0.4, -0.2) is 39.8 Å². The predicted octanol–water partition coefficient (Wildman–Crippen LogP) is 1.43. The van der Waals surface area contributed by atoms with Crippen LogP contribution in [0.15, 0.2) is 18.2 Å². The first kappa shape index (κ1) is 14.7. The second-order valence-electron chi connectivity index (χ2n) is 5.00. The van der Waals surface area contributed by atoms with E-state index in [0.29, 0.717) is 23.0 Å². The molecule has 1 amide bonds. The molecule has 0 aliphatic carbocycles. The molecule has 1 aromatic carbocycles. The van der Waals surface area contributed by atoms with E-state index in [1.165, 1.54) is 0 Å². The molecule has 1 aromatic rings. The SMILES string of the molecule is COc1cc(OC)cc(C(=O)NCC2CCNCC2)c1. The summed E-state index contributed by atoms with van der Waals surface area (Å²) in [6.07, 6.45) is 2.23. The summed E-state index contributed by atoms with van der Waals surface area (Å²) in [5.41, 5.74) is 0.565. The maximum atomic E-state index is 12.2. The minimum atomic E-state index is -0.0827. The Hall–Kier alpha value is -1.75. The number of amides is 1. The Labute approximate surface area is 119 Å². The molecule has 0 spiro atoms. The van der Waals surface area contributed by atoms with Crippen molar-refractivity contribution in [1.29, 1.82) is 0 Å². The summed E-state index contributed by atoms with van der Waals surface area (Å²) in [5, 5.41) is 6.31. The number of hydrogen-bond acceptors (Lipinski definition) is 4. The number of carbonyl (C=O) groups is 1. The zero-order valence-electron chi connectivity index (χ0n) is 12.1. The Balaban J connectivity index is 1.97. The van der Waals surface area contributed by atoms with Crippen LogP contribution in [0.2, 0.25) is 0 Å². The van der Waals surface area contributed by atoms with Crippen molar-refractivity contribution >= 4 is 5.91 Å². The standard InChI is InChI=1S/C15H22N2O3/c1-19-13-7-12(8-14(9-13)20-2)15(18)17-10-11-3-5-16-6-4-11/h7-9,11,16H,3-6,10H2,1-2H3,(H,17,18). The van der Waals surface area contributed by atoms with E-state index < -0.39 is 0 Å². The van der Waals surface area contributed by atoms with Crippen LogP contribution >= 0.6 is 0 Å². The lowest BCUT2D eigenvalue weighted by atomic mass is 9.98. The van der Waals surface area contributed by atoms with E-state index in [1.807, 2.05) is 0 Å². The molecule has 2 N–H and O–H groups in total. The lowest BCUT2D eigenvalue weighted by molar-refractivity contribution is 0.0943. The van der Waals surface area contributed by atoms with Crippen molar-refractivity contribution in [3.05, 3.63) is 23.8 Å². The molecule has 0 atom stereocenters. The average Bonchev–Trinajstić information content (AvgIpc) is 2.52. The summed E-state index contributed by atoms with van der Waals surface area (Å²) in [5.74, 6) is 1.72. The molecule has 1 fully saturated rings. The molecule has 5 heteroatoms. The first-order valence-corrected chi connectivity index (χ1v) is 6.95. The van der Waals surface area contributed by atoms with Gasteiger partial charge in [-0.15, -0.1) is 0 Å². The third-order valence-electron chi connectivity index (χ3n) is 3.62. The fourth-order valence-electron chi connectivity index (χ4n) is 2.36. The van der Waals surface area contributed by atoms with Crippen LogP contribution in [0.4, 0.5) is 0 Å². The Kier molecular flexibility index (Phi) is 5.24. The minimum Gasteiger partial charge on any atom is -0.497 e. The number of ether oxygens (including phenoxy) is 2. The highest BCUT2D eigenvalue weighted by molar-refractivity contribution is 5.95. The van der Waals surface area contributed by atoms with Gasteiger partial charge < -0.3 is 20.1 Å². The van der Waals surface area contributed by atoms with Crippen LogP contribution in [0.5, 0.6) is 11.5 Å². The van der Waals surface area contributed by atoms with Crippen molar-refractivity contribution in [3.8, 4) is 11.5 Å². The molecule has 0 aromatic heterocycles. The molecule has 0 radical (unpaired) electrons. The summed E-state index contributed by atoms with van der Waals surface area (Å²) in [4.78, 5) is 12.2. The lowest BCUT2D eigenvalue weighted by Crippen LogP contribution is -2.35. The van der Waals surface area contributed by atoms with Gasteiger partial charge >= 0.3 is 0 Å². The predicted molar refractivity (Wildman–Crippen MR) is 77.5 cm³/mol. The molecule has 5 nitrogen and oxygen atoms in total. The van der Waals surface area contributed by atoms with E-state index in [0.717, 1.165) is 32.5 Å². The summed E-state index contributed by atoms with van der Waals surface area (Å²) in [7, 11) is 3.15. The zero-order chi connectivity index (χ0) is 14.4. The maximum Gasteiger partial charge on any atom is 0.251 e. The van der Waals surface area contributed by atoms with Crippen LogP contribution in [0.3, 0.4) is 0 Å². The first-order chi connectivity index (χ1) is 9.72. The van der Waals surface area contributed by atoms with Crippen molar-refractivity contribution in [3.63, 3.8) is 0 Å². The van der Waals surface area contributed by atoms with Crippen LogP contribution in [-0.2, 0) is 0 Å². The number of benzene rings is 1. The van der Waals surface area contributed by atoms with Gasteiger partial charge in [0.2, 0.25) is 0 Å². The van der Waals surface area contributed by atoms with E-state index in [4.69, 9.17) is 9.47 Å². The smallest absolute Gasteiger partial charge is 0.251 e. The fraction of sp³-hybridized carbons (Fsp3) is 0.533. The summed E-state index contributed by atoms with van der Waals surface area (Å²) < 4.78 is 10.3. The molecule has 0 bridgehead atoms. The number of rotatable bonds is 5. The molecule has 20 heavy (non-hydrogen) atoms. The summed E-state index contributed by atoms with van der Waals surface area (Å²) in [6.45, 7) is 2.79. The Bertz CT molecular complexity index is 434. The van der Waals surface area contributed by atoms with Gasteiger partial charge in [-0.05, 0) is 44.0 Å². The number of carbonyl (C=O) groups excluding carboxylic acids is 1. The number of methoxy groups -OCH3 is 2. The van der Waals surface area contributed by atoms with E-state index >= 15 is 0 Å². The third kappa shape index (κ3) is 3.87. The summed E-state index contributed by atoms with van der Waals surface area (Å²) in [6, 6.07) is 5.20. The molecule has 0 unspecified atom stereocenters. The Morgan fingerprint density at radius 3 is 2.35 bits per heavy atom. The molecular formula is C15H22N2O3. The highest BCUT2D eigenvalue weighted by Gasteiger charge is 2.15. The monoisotopic (exact) mass is 278 g/mol. The van der Waals surface area contributed by atoms with E-state index in [9.17, 15) is 4.79 Å². The van der Waals surface area contributed by atoms with E-state index in [1.54, 1.807) is 32.4 Å². The lowest BCUT2D eigenvalue weighted by Gasteiger charge is -2.22. The average molecular weight is 278 g/mol. The highest BCUT2D eigenvalue weighted by Crippen LogP contribution is 2.22. The molecule has 1 heterocycles. The first-order valence-electron chi connectivity index (χ1n) is 6.95. The molecule has 2 rings (SSSR count). The Morgan fingerprint density at radius 1 is 1.20 bits per heavy atom. The zero-order valence-corrected chi connectivity index (χ0v) is 12.1. The van der Waals surface area contributed by atoms with Crippen LogP contribution in [0, 0.1) is 5.92 Å². The van der Waals surface area contributed by atoms with Crippen LogP contribution in [0.1, 0.15) is 23.2 Å². The van der Waals surface area contributed by atoms with E-state index in [2.05, 4.69) is 10.6 Å². The highest BCUT2D eigenvalue weighted by atomic mass is 16.5. The normalized spacial score (nSPS) is 15.7. The van der Waals surface area contributed by atoms with Crippen molar-refractivity contribution in [2.24, 2.45) is 5.92 Å². The Morgan fingerprint density at radius 2 is 1.80 bits per heavy atom. The molecule has 110 valence electrons. The summed E-state index contributed by atoms with van der Waals surface area (Å²) >= 11 is 0. The van der Waals surface area contributed by atoms with Crippen molar-refractivity contribution < 1.29 is 14.3 Å². The van der Waals surface area contributed by atoms with Gasteiger partial charge in [-0.2, -0.15) is 0 Å². The van der Waals surface area contributed by atoms with Gasteiger partial charge in [0.1, 0.15) is 11.5 Å².